The number of carbonyl (C=O) groups excluding carboxylic acids is 1. The summed E-state index contributed by atoms with van der Waals surface area (Å²) in [5.74, 6) is 1.30. The highest BCUT2D eigenvalue weighted by Gasteiger charge is 2.24. The van der Waals surface area contributed by atoms with Gasteiger partial charge in [-0.1, -0.05) is 13.8 Å². The number of ether oxygens (including phenoxy) is 1. The summed E-state index contributed by atoms with van der Waals surface area (Å²) in [7, 11) is 0. The zero-order chi connectivity index (χ0) is 22.8. The van der Waals surface area contributed by atoms with Crippen molar-refractivity contribution in [3.63, 3.8) is 0 Å². The lowest BCUT2D eigenvalue weighted by molar-refractivity contribution is 0.0476. The van der Waals surface area contributed by atoms with E-state index < -0.39 is 17.2 Å². The molecule has 1 saturated heterocycles. The molecule has 0 saturated carbocycles. The maximum Gasteiger partial charge on any atom is 0.408 e. The number of amides is 1. The van der Waals surface area contributed by atoms with E-state index in [1.54, 1.807) is 0 Å². The number of likely N-dealkylation sites (N-methyl/N-ethyl adjacent to an activating group) is 1. The average molecular weight is 555 g/mol. The van der Waals surface area contributed by atoms with Crippen molar-refractivity contribution < 1.29 is 9.53 Å². The molecule has 1 fully saturated rings. The third-order valence-corrected chi connectivity index (χ3v) is 4.92. The van der Waals surface area contributed by atoms with Gasteiger partial charge in [0.25, 0.3) is 0 Å². The Morgan fingerprint density at radius 2 is 1.61 bits per heavy atom. The van der Waals surface area contributed by atoms with Crippen LogP contribution in [0.4, 0.5) is 4.79 Å². The summed E-state index contributed by atoms with van der Waals surface area (Å²) < 4.78 is 5.36. The minimum absolute atomic E-state index is 0. The predicted octanol–water partition coefficient (Wildman–Crippen LogP) is 2.74. The Hall–Kier alpha value is -0.810. The number of rotatable bonds is 9. The van der Waals surface area contributed by atoms with Gasteiger partial charge in [0.2, 0.25) is 0 Å². The van der Waals surface area contributed by atoms with Crippen LogP contribution in [0.1, 0.15) is 55.4 Å². The Morgan fingerprint density at radius 3 is 2.13 bits per heavy atom. The van der Waals surface area contributed by atoms with Gasteiger partial charge in [-0.2, -0.15) is 0 Å². The fourth-order valence-electron chi connectivity index (χ4n) is 3.30. The Kier molecular flexibility index (Phi) is 14.0. The number of hydrogen-bond donors (Lipinski definition) is 3. The van der Waals surface area contributed by atoms with Gasteiger partial charge >= 0.3 is 6.09 Å². The van der Waals surface area contributed by atoms with Crippen LogP contribution in [0.3, 0.4) is 0 Å². The summed E-state index contributed by atoms with van der Waals surface area (Å²) >= 11 is 0. The van der Waals surface area contributed by atoms with E-state index >= 15 is 0 Å². The highest BCUT2D eigenvalue weighted by Crippen LogP contribution is 2.10. The van der Waals surface area contributed by atoms with Gasteiger partial charge in [-0.05, 0) is 54.0 Å². The first-order chi connectivity index (χ1) is 13.9. The number of halogens is 1. The lowest BCUT2D eigenvalue weighted by Crippen LogP contribution is -2.50. The van der Waals surface area contributed by atoms with Crippen molar-refractivity contribution in [1.29, 1.82) is 0 Å². The number of guanidine groups is 1. The van der Waals surface area contributed by atoms with Crippen LogP contribution in [0.25, 0.3) is 0 Å². The van der Waals surface area contributed by atoms with Crippen LogP contribution in [-0.4, -0.2) is 91.9 Å². The largest absolute Gasteiger partial charge is 0.444 e. The van der Waals surface area contributed by atoms with Gasteiger partial charge in [0.15, 0.2) is 5.96 Å². The van der Waals surface area contributed by atoms with Gasteiger partial charge in [0.05, 0.1) is 12.1 Å². The van der Waals surface area contributed by atoms with Gasteiger partial charge in [-0.15, -0.1) is 24.0 Å². The smallest absolute Gasteiger partial charge is 0.408 e. The molecule has 9 heteroatoms. The van der Waals surface area contributed by atoms with Crippen molar-refractivity contribution in [2.45, 2.75) is 66.5 Å². The molecule has 184 valence electrons. The molecule has 0 spiro atoms. The summed E-state index contributed by atoms with van der Waals surface area (Å²) in [6, 6.07) is 0. The van der Waals surface area contributed by atoms with Crippen LogP contribution in [0.15, 0.2) is 4.99 Å². The third kappa shape index (κ3) is 14.1. The normalized spacial score (nSPS) is 17.5. The van der Waals surface area contributed by atoms with Gasteiger partial charge in [-0.3, -0.25) is 4.99 Å². The van der Waals surface area contributed by atoms with E-state index in [-0.39, 0.29) is 24.0 Å². The van der Waals surface area contributed by atoms with Gasteiger partial charge in [0, 0.05) is 45.8 Å². The second kappa shape index (κ2) is 14.4. The van der Waals surface area contributed by atoms with E-state index in [4.69, 9.17) is 4.74 Å². The SMILES string of the molecule is CCNC(=NCC(C)(C)NC(=O)OC(C)(C)C)NCC(C)CN1CCN(CC)CC1.I. The van der Waals surface area contributed by atoms with Crippen LogP contribution in [0.2, 0.25) is 0 Å². The Balaban J connectivity index is 0.00000900. The third-order valence-electron chi connectivity index (χ3n) is 4.92. The van der Waals surface area contributed by atoms with E-state index in [0.717, 1.165) is 45.2 Å². The standard InChI is InChI=1S/C22H46N6O2.HI/c1-9-23-19(25-17-22(7,8)26-20(29)30-21(4,5)6)24-15-18(3)16-28-13-11-27(10-2)12-14-28;/h18H,9-17H2,1-8H3,(H,26,29)(H2,23,24,25);1H. The van der Waals surface area contributed by atoms with Crippen molar-refractivity contribution in [3.05, 3.63) is 0 Å². The molecule has 0 bridgehead atoms. The second-order valence-electron chi connectivity index (χ2n) is 9.93. The van der Waals surface area contributed by atoms with E-state index in [2.05, 4.69) is 51.5 Å². The van der Waals surface area contributed by atoms with Crippen molar-refractivity contribution in [2.75, 3.05) is 58.9 Å². The van der Waals surface area contributed by atoms with Crippen LogP contribution in [0.5, 0.6) is 0 Å². The minimum atomic E-state index is -0.515. The Bertz CT molecular complexity index is 543. The molecule has 3 N–H and O–H groups in total. The molecule has 1 atom stereocenters. The van der Waals surface area contributed by atoms with Crippen molar-refractivity contribution in [1.82, 2.24) is 25.8 Å². The van der Waals surface area contributed by atoms with Gasteiger partial charge < -0.3 is 30.5 Å². The number of alkyl carbamates (subject to hydrolysis) is 1. The highest BCUT2D eigenvalue weighted by molar-refractivity contribution is 14.0. The molecule has 1 heterocycles. The molecular formula is C22H47IN6O2. The molecule has 1 aliphatic rings. The lowest BCUT2D eigenvalue weighted by atomic mass is 10.1. The summed E-state index contributed by atoms with van der Waals surface area (Å²) in [4.78, 5) is 21.8. The molecule has 1 unspecified atom stereocenters. The van der Waals surface area contributed by atoms with Crippen molar-refractivity contribution >= 4 is 36.0 Å². The number of hydrogen-bond acceptors (Lipinski definition) is 5. The molecule has 0 aromatic heterocycles. The molecular weight excluding hydrogens is 507 g/mol. The van der Waals surface area contributed by atoms with Gasteiger partial charge in [-0.25, -0.2) is 4.79 Å². The molecule has 0 aromatic rings. The highest BCUT2D eigenvalue weighted by atomic mass is 127. The Labute approximate surface area is 207 Å². The van der Waals surface area contributed by atoms with Crippen molar-refractivity contribution in [3.8, 4) is 0 Å². The number of nitrogens with one attached hydrogen (secondary N) is 3. The fraction of sp³-hybridized carbons (Fsp3) is 0.909. The minimum Gasteiger partial charge on any atom is -0.444 e. The fourth-order valence-corrected chi connectivity index (χ4v) is 3.30. The summed E-state index contributed by atoms with van der Waals surface area (Å²) in [6.45, 7) is 25.0. The van der Waals surface area contributed by atoms with E-state index in [1.807, 2.05) is 34.6 Å². The maximum absolute atomic E-state index is 12.1. The average Bonchev–Trinajstić information content (AvgIpc) is 2.62. The first-order valence-corrected chi connectivity index (χ1v) is 11.4. The molecule has 0 aliphatic carbocycles. The number of aliphatic imine (C=N–C) groups is 1. The zero-order valence-corrected chi connectivity index (χ0v) is 23.3. The molecule has 31 heavy (non-hydrogen) atoms. The molecule has 1 aliphatic heterocycles. The quantitative estimate of drug-likeness (QED) is 0.231. The molecule has 8 nitrogen and oxygen atoms in total. The number of piperazine rings is 1. The van der Waals surface area contributed by atoms with E-state index in [1.165, 1.54) is 13.1 Å². The number of nitrogens with zero attached hydrogens (tertiary/aromatic N) is 3. The molecule has 1 amide bonds. The van der Waals surface area contributed by atoms with Crippen LogP contribution < -0.4 is 16.0 Å². The second-order valence-corrected chi connectivity index (χ2v) is 9.93. The monoisotopic (exact) mass is 554 g/mol. The van der Waals surface area contributed by atoms with Crippen LogP contribution in [-0.2, 0) is 4.74 Å². The summed E-state index contributed by atoms with van der Waals surface area (Å²) in [5.41, 5.74) is -1.02. The van der Waals surface area contributed by atoms with Crippen molar-refractivity contribution in [2.24, 2.45) is 10.9 Å². The topological polar surface area (TPSA) is 81.2 Å². The van der Waals surface area contributed by atoms with Gasteiger partial charge in [0.1, 0.15) is 5.60 Å². The first-order valence-electron chi connectivity index (χ1n) is 11.4. The maximum atomic E-state index is 12.1. The summed E-state index contributed by atoms with van der Waals surface area (Å²) in [6.07, 6.45) is -0.419. The first kappa shape index (κ1) is 30.2. The molecule has 0 radical (unpaired) electrons. The zero-order valence-electron chi connectivity index (χ0n) is 21.0. The molecule has 0 aromatic carbocycles. The molecule has 1 rings (SSSR count). The lowest BCUT2D eigenvalue weighted by Gasteiger charge is -2.35. The van der Waals surface area contributed by atoms with Crippen LogP contribution >= 0.6 is 24.0 Å². The number of carbonyl (C=O) groups is 1. The van der Waals surface area contributed by atoms with Crippen LogP contribution in [0, 0.1) is 5.92 Å². The van der Waals surface area contributed by atoms with E-state index in [9.17, 15) is 4.79 Å². The summed E-state index contributed by atoms with van der Waals surface area (Å²) in [5, 5.41) is 9.65. The Morgan fingerprint density at radius 1 is 1.03 bits per heavy atom. The van der Waals surface area contributed by atoms with E-state index in [0.29, 0.717) is 12.5 Å². The predicted molar refractivity (Wildman–Crippen MR) is 141 cm³/mol.